The van der Waals surface area contributed by atoms with Gasteiger partial charge in [-0.2, -0.15) is 15.0 Å². The number of rotatable bonds is 4. The van der Waals surface area contributed by atoms with Crippen LogP contribution in [-0.2, 0) is 6.54 Å². The van der Waals surface area contributed by atoms with Crippen LogP contribution in [0.15, 0.2) is 10.9 Å². The van der Waals surface area contributed by atoms with Gasteiger partial charge in [-0.3, -0.25) is 0 Å². The maximum absolute atomic E-state index is 5.81. The number of hydrogen-bond donors (Lipinski definition) is 1. The van der Waals surface area contributed by atoms with Gasteiger partial charge < -0.3 is 10.2 Å². The van der Waals surface area contributed by atoms with Gasteiger partial charge in [0.05, 0.1) is 17.7 Å². The van der Waals surface area contributed by atoms with Crippen LogP contribution in [-0.4, -0.2) is 34.0 Å². The van der Waals surface area contributed by atoms with Gasteiger partial charge in [0, 0.05) is 19.5 Å². The Morgan fingerprint density at radius 2 is 2.24 bits per heavy atom. The molecule has 0 fully saturated rings. The summed E-state index contributed by atoms with van der Waals surface area (Å²) in [5.74, 6) is 0.965. The van der Waals surface area contributed by atoms with Crippen molar-refractivity contribution in [1.29, 1.82) is 0 Å². The molecule has 0 saturated heterocycles. The molecule has 8 heteroatoms. The summed E-state index contributed by atoms with van der Waals surface area (Å²) in [5.41, 5.74) is 2.77. The molecule has 0 atom stereocenters. The largest absolute Gasteiger partial charge is 0.357 e. The number of thiazole rings is 1. The van der Waals surface area contributed by atoms with Gasteiger partial charge in [0.25, 0.3) is 0 Å². The topological polar surface area (TPSA) is 66.8 Å². The van der Waals surface area contributed by atoms with E-state index in [-0.39, 0.29) is 5.28 Å². The molecule has 17 heavy (non-hydrogen) atoms. The first-order valence-electron chi connectivity index (χ1n) is 4.86. The number of hydrogen-bond acceptors (Lipinski definition) is 7. The molecule has 1 N–H and O–H groups in total. The molecule has 2 heterocycles. The van der Waals surface area contributed by atoms with Crippen molar-refractivity contribution >= 4 is 34.8 Å². The zero-order chi connectivity index (χ0) is 12.3. The lowest BCUT2D eigenvalue weighted by atomic mass is 10.4. The van der Waals surface area contributed by atoms with E-state index in [9.17, 15) is 0 Å². The second-order valence-electron chi connectivity index (χ2n) is 3.31. The van der Waals surface area contributed by atoms with E-state index in [1.807, 2.05) is 17.3 Å². The molecule has 0 aliphatic rings. The third-order valence-corrected chi connectivity index (χ3v) is 2.85. The second-order valence-corrected chi connectivity index (χ2v) is 4.37. The van der Waals surface area contributed by atoms with Crippen molar-refractivity contribution in [1.82, 2.24) is 19.9 Å². The Morgan fingerprint density at radius 3 is 2.88 bits per heavy atom. The summed E-state index contributed by atoms with van der Waals surface area (Å²) in [6.07, 6.45) is 0. The zero-order valence-corrected chi connectivity index (χ0v) is 11.0. The van der Waals surface area contributed by atoms with Crippen LogP contribution in [0, 0.1) is 0 Å². The van der Waals surface area contributed by atoms with Crippen LogP contribution in [0.25, 0.3) is 0 Å². The summed E-state index contributed by atoms with van der Waals surface area (Å²) in [5, 5.41) is 4.99. The van der Waals surface area contributed by atoms with E-state index in [1.54, 1.807) is 23.9 Å². The SMILES string of the molecule is CNc1nc(Cl)nc(N(C)Cc2cscn2)n1. The highest BCUT2D eigenvalue weighted by Gasteiger charge is 2.09. The van der Waals surface area contributed by atoms with Crippen LogP contribution >= 0.6 is 22.9 Å². The third kappa shape index (κ3) is 3.01. The van der Waals surface area contributed by atoms with E-state index >= 15 is 0 Å². The van der Waals surface area contributed by atoms with E-state index in [2.05, 4.69) is 25.3 Å². The molecule has 0 aromatic carbocycles. The molecule has 2 aromatic heterocycles. The van der Waals surface area contributed by atoms with Crippen LogP contribution < -0.4 is 10.2 Å². The van der Waals surface area contributed by atoms with Crippen molar-refractivity contribution in [3.63, 3.8) is 0 Å². The van der Waals surface area contributed by atoms with Gasteiger partial charge >= 0.3 is 0 Å². The lowest BCUT2D eigenvalue weighted by Crippen LogP contribution is -2.20. The van der Waals surface area contributed by atoms with Gasteiger partial charge in [-0.1, -0.05) is 0 Å². The van der Waals surface area contributed by atoms with Gasteiger partial charge in [0.15, 0.2) is 0 Å². The molecular weight excluding hydrogens is 260 g/mol. The minimum Gasteiger partial charge on any atom is -0.357 e. The lowest BCUT2D eigenvalue weighted by molar-refractivity contribution is 0.838. The second kappa shape index (κ2) is 5.24. The van der Waals surface area contributed by atoms with E-state index < -0.39 is 0 Å². The van der Waals surface area contributed by atoms with Crippen molar-refractivity contribution < 1.29 is 0 Å². The summed E-state index contributed by atoms with van der Waals surface area (Å²) in [7, 11) is 3.61. The first kappa shape index (κ1) is 12.0. The molecule has 90 valence electrons. The summed E-state index contributed by atoms with van der Waals surface area (Å²) < 4.78 is 0. The third-order valence-electron chi connectivity index (χ3n) is 2.04. The highest BCUT2D eigenvalue weighted by atomic mass is 35.5. The van der Waals surface area contributed by atoms with Crippen LogP contribution in [0.5, 0.6) is 0 Å². The Labute approximate surface area is 108 Å². The van der Waals surface area contributed by atoms with Crippen LogP contribution in [0.2, 0.25) is 5.28 Å². The fourth-order valence-electron chi connectivity index (χ4n) is 1.25. The van der Waals surface area contributed by atoms with Crippen molar-refractivity contribution in [2.75, 3.05) is 24.3 Å². The average Bonchev–Trinajstić information content (AvgIpc) is 2.81. The summed E-state index contributed by atoms with van der Waals surface area (Å²) >= 11 is 7.37. The molecule has 2 rings (SSSR count). The molecular formula is C9H11ClN6S. The summed E-state index contributed by atoms with van der Waals surface area (Å²) in [6, 6.07) is 0. The molecule has 0 amide bonds. The highest BCUT2D eigenvalue weighted by Crippen LogP contribution is 2.14. The molecule has 0 aliphatic heterocycles. The maximum Gasteiger partial charge on any atom is 0.231 e. The number of aromatic nitrogens is 4. The van der Waals surface area contributed by atoms with Crippen molar-refractivity contribution in [2.24, 2.45) is 0 Å². The molecule has 0 saturated carbocycles. The Balaban J connectivity index is 2.18. The maximum atomic E-state index is 5.81. The van der Waals surface area contributed by atoms with E-state index in [0.29, 0.717) is 18.4 Å². The molecule has 0 aliphatic carbocycles. The molecule has 0 bridgehead atoms. The van der Waals surface area contributed by atoms with Crippen molar-refractivity contribution in [2.45, 2.75) is 6.54 Å². The fraction of sp³-hybridized carbons (Fsp3) is 0.333. The molecule has 6 nitrogen and oxygen atoms in total. The van der Waals surface area contributed by atoms with E-state index in [4.69, 9.17) is 11.6 Å². The van der Waals surface area contributed by atoms with Crippen molar-refractivity contribution in [3.05, 3.63) is 21.9 Å². The van der Waals surface area contributed by atoms with Gasteiger partial charge in [0.2, 0.25) is 17.2 Å². The fourth-order valence-corrected chi connectivity index (χ4v) is 1.96. The first-order chi connectivity index (χ1) is 8.19. The molecule has 2 aromatic rings. The quantitative estimate of drug-likeness (QED) is 0.911. The Hall–Kier alpha value is -1.47. The van der Waals surface area contributed by atoms with Gasteiger partial charge in [-0.25, -0.2) is 4.98 Å². The van der Waals surface area contributed by atoms with Gasteiger partial charge in [-0.05, 0) is 11.6 Å². The number of anilines is 2. The van der Waals surface area contributed by atoms with Crippen LogP contribution in [0.1, 0.15) is 5.69 Å². The number of nitrogens with one attached hydrogen (secondary N) is 1. The number of halogens is 1. The highest BCUT2D eigenvalue weighted by molar-refractivity contribution is 7.07. The predicted molar refractivity (Wildman–Crippen MR) is 68.6 cm³/mol. The average molecular weight is 271 g/mol. The Kier molecular flexibility index (Phi) is 3.70. The monoisotopic (exact) mass is 270 g/mol. The summed E-state index contributed by atoms with van der Waals surface area (Å²) in [6.45, 7) is 0.632. The first-order valence-corrected chi connectivity index (χ1v) is 6.18. The number of nitrogens with zero attached hydrogens (tertiary/aromatic N) is 5. The molecule has 0 radical (unpaired) electrons. The minimum atomic E-state index is 0.171. The Morgan fingerprint density at radius 1 is 1.41 bits per heavy atom. The Bertz CT molecular complexity index is 488. The van der Waals surface area contributed by atoms with E-state index in [0.717, 1.165) is 5.69 Å². The molecule has 0 spiro atoms. The van der Waals surface area contributed by atoms with Crippen LogP contribution in [0.3, 0.4) is 0 Å². The normalized spacial score (nSPS) is 10.3. The summed E-state index contributed by atoms with van der Waals surface area (Å²) in [4.78, 5) is 18.3. The van der Waals surface area contributed by atoms with Gasteiger partial charge in [0.1, 0.15) is 0 Å². The van der Waals surface area contributed by atoms with Crippen molar-refractivity contribution in [3.8, 4) is 0 Å². The standard InChI is InChI=1S/C9H11ClN6S/c1-11-8-13-7(10)14-9(15-8)16(2)3-6-4-17-5-12-6/h4-5H,3H2,1-2H3,(H,11,13,14,15). The predicted octanol–water partition coefficient (Wildman–Crippen LogP) is 1.66. The smallest absolute Gasteiger partial charge is 0.231 e. The lowest BCUT2D eigenvalue weighted by Gasteiger charge is -2.15. The molecule has 0 unspecified atom stereocenters. The zero-order valence-electron chi connectivity index (χ0n) is 9.38. The van der Waals surface area contributed by atoms with Crippen LogP contribution in [0.4, 0.5) is 11.9 Å². The van der Waals surface area contributed by atoms with Gasteiger partial charge in [-0.15, -0.1) is 11.3 Å². The minimum absolute atomic E-state index is 0.171. The van der Waals surface area contributed by atoms with E-state index in [1.165, 1.54) is 0 Å².